The zero-order valence-corrected chi connectivity index (χ0v) is 34.2. The van der Waals surface area contributed by atoms with Gasteiger partial charge in [0.2, 0.25) is 0 Å². The summed E-state index contributed by atoms with van der Waals surface area (Å²) in [6.45, 7) is 15.9. The zero-order valence-electron chi connectivity index (χ0n) is 33.4. The van der Waals surface area contributed by atoms with Gasteiger partial charge >= 0.3 is 11.9 Å². The van der Waals surface area contributed by atoms with Crippen molar-refractivity contribution in [3.05, 3.63) is 64.0 Å². The zero-order chi connectivity index (χ0) is 40.1. The molecule has 296 valence electrons. The van der Waals surface area contributed by atoms with E-state index in [1.807, 2.05) is 46.8 Å². The maximum atomic E-state index is 15.3. The smallest absolute Gasteiger partial charge is 0.333 e. The fraction of sp³-hybridized carbons (Fsp3) is 0.535. The van der Waals surface area contributed by atoms with E-state index >= 15 is 4.79 Å². The van der Waals surface area contributed by atoms with E-state index < -0.39 is 58.1 Å². The summed E-state index contributed by atoms with van der Waals surface area (Å²) in [4.78, 5) is 51.1. The molecule has 4 fully saturated rings. The van der Waals surface area contributed by atoms with Crippen LogP contribution in [0.15, 0.2) is 52.3 Å². The number of nitrogens with zero attached hydrogens (tertiary/aromatic N) is 4. The lowest BCUT2D eigenvalue weighted by atomic mass is 9.44. The van der Waals surface area contributed by atoms with E-state index in [1.54, 1.807) is 24.0 Å². The second-order valence-electron chi connectivity index (χ2n) is 17.2. The number of ether oxygens (including phenoxy) is 5. The molecule has 3 aliphatic carbocycles. The predicted molar refractivity (Wildman–Crippen MR) is 210 cm³/mol. The van der Waals surface area contributed by atoms with Gasteiger partial charge in [0.05, 0.1) is 41.5 Å². The summed E-state index contributed by atoms with van der Waals surface area (Å²) in [5.41, 5.74) is 0.513. The van der Waals surface area contributed by atoms with Crippen molar-refractivity contribution >= 4 is 47.1 Å². The highest BCUT2D eigenvalue weighted by atomic mass is 35.5. The van der Waals surface area contributed by atoms with Crippen molar-refractivity contribution in [1.82, 2.24) is 14.8 Å². The molecule has 1 aromatic heterocycles. The van der Waals surface area contributed by atoms with Gasteiger partial charge in [-0.2, -0.15) is 4.98 Å². The monoisotopic (exact) mass is 784 g/mol. The Bertz CT molecular complexity index is 2220. The number of Topliss-reactive ketones (excluding diaryl/α,β-unsaturated/α-hetero) is 1. The quantitative estimate of drug-likeness (QED) is 0.0781. The lowest BCUT2D eigenvalue weighted by Crippen LogP contribution is -2.78. The van der Waals surface area contributed by atoms with Crippen molar-refractivity contribution in [3.63, 3.8) is 0 Å². The number of rotatable bonds is 10. The number of aliphatic imine (C=N–C) groups is 1. The number of carbonyl (C=O) groups excluding carboxylic acids is 3. The summed E-state index contributed by atoms with van der Waals surface area (Å²) in [5.74, 6) is -1.81. The minimum absolute atomic E-state index is 0.0564. The number of hydrogen-bond donors (Lipinski definition) is 0. The summed E-state index contributed by atoms with van der Waals surface area (Å²) in [7, 11) is 1.33. The van der Waals surface area contributed by atoms with E-state index in [1.165, 1.54) is 12.7 Å². The van der Waals surface area contributed by atoms with E-state index in [4.69, 9.17) is 45.4 Å². The molecule has 12 nitrogen and oxygen atoms in total. The van der Waals surface area contributed by atoms with Crippen molar-refractivity contribution in [2.45, 2.75) is 116 Å². The Hall–Kier alpha value is -4.55. The van der Waals surface area contributed by atoms with Gasteiger partial charge in [0.25, 0.3) is 5.95 Å². The van der Waals surface area contributed by atoms with Gasteiger partial charge in [-0.15, -0.1) is 16.7 Å². The lowest BCUT2D eigenvalue weighted by Gasteiger charge is -2.63. The fourth-order valence-corrected chi connectivity index (χ4v) is 10.3. The van der Waals surface area contributed by atoms with Crippen LogP contribution in [-0.2, 0) is 30.3 Å². The highest BCUT2D eigenvalue weighted by Crippen LogP contribution is 2.73. The van der Waals surface area contributed by atoms with Crippen LogP contribution in [0.4, 0.5) is 5.95 Å². The molecule has 6 bridgehead atoms. The second kappa shape index (κ2) is 13.3. The largest absolute Gasteiger partial charge is 0.482 e. The molecular formula is C43H49ClN4O8. The Morgan fingerprint density at radius 2 is 1.80 bits per heavy atom. The Morgan fingerprint density at radius 3 is 2.50 bits per heavy atom. The summed E-state index contributed by atoms with van der Waals surface area (Å²) in [6.07, 6.45) is 14.0. The minimum Gasteiger partial charge on any atom is -0.482 e. The molecular weight excluding hydrogens is 736 g/mol. The Balaban J connectivity index is 1.46. The molecule has 56 heavy (non-hydrogen) atoms. The summed E-state index contributed by atoms with van der Waals surface area (Å²) in [6, 6.07) is -0.537. The molecule has 5 heterocycles. The number of carbonyl (C=O) groups is 3. The SMILES string of the molecule is COC(=O)C(C)=CCC12OC(C)(C)C3CC(C1=O)C1C4C(=Nc5ncn1n5)c1c(OC(=O)CCl)c5c(c(CC=C(C)C)c1OC432)OC(C)(CCC=C(C)C)C=C5. The van der Waals surface area contributed by atoms with Crippen LogP contribution in [0, 0.1) is 17.8 Å². The molecule has 2 aromatic rings. The predicted octanol–water partition coefficient (Wildman–Crippen LogP) is 7.54. The van der Waals surface area contributed by atoms with Gasteiger partial charge in [0, 0.05) is 29.4 Å². The third kappa shape index (κ3) is 5.49. The number of methoxy groups -OCH3 is 1. The van der Waals surface area contributed by atoms with E-state index in [2.05, 4.69) is 31.0 Å². The van der Waals surface area contributed by atoms with Gasteiger partial charge in [0.15, 0.2) is 22.7 Å². The number of alkyl halides is 1. The Labute approximate surface area is 332 Å². The highest BCUT2D eigenvalue weighted by Gasteiger charge is 2.85. The molecule has 7 aliphatic rings. The number of halogens is 1. The highest BCUT2D eigenvalue weighted by molar-refractivity contribution is 6.26. The maximum absolute atomic E-state index is 15.3. The lowest BCUT2D eigenvalue weighted by molar-refractivity contribution is -0.206. The first kappa shape index (κ1) is 38.3. The van der Waals surface area contributed by atoms with Gasteiger partial charge in [0.1, 0.15) is 29.3 Å². The summed E-state index contributed by atoms with van der Waals surface area (Å²) >= 11 is 6.12. The standard InChI is InChI=1S/C43H49ClN4O8/c1-22(2)11-10-16-41(8)17-15-26-34(54-41)25(13-12-23(3)4)36-30(35(26)53-29(49)20-44)32-31-33(48-21-45-39(46-32)47-48)27-19-28-40(6,7)56-42(37(27)50,43(28,31)55-36)18-14-24(5)38(51)52-9/h11-12,14-15,17,21,27-28,31,33H,10,13,16,18-20H2,1-9H3. The minimum atomic E-state index is -1.54. The van der Waals surface area contributed by atoms with Crippen LogP contribution >= 0.6 is 11.6 Å². The average molecular weight is 785 g/mol. The van der Waals surface area contributed by atoms with E-state index in [0.29, 0.717) is 53.2 Å². The molecule has 1 saturated heterocycles. The van der Waals surface area contributed by atoms with Crippen molar-refractivity contribution < 1.29 is 38.1 Å². The van der Waals surface area contributed by atoms with Crippen LogP contribution in [0.3, 0.4) is 0 Å². The third-order valence-electron chi connectivity index (χ3n) is 12.6. The molecule has 7 atom stereocenters. The number of hydrogen-bond acceptors (Lipinski definition) is 11. The summed E-state index contributed by atoms with van der Waals surface area (Å²) < 4.78 is 34.9. The van der Waals surface area contributed by atoms with Gasteiger partial charge in [-0.25, -0.2) is 14.5 Å². The molecule has 0 radical (unpaired) electrons. The van der Waals surface area contributed by atoms with Crippen molar-refractivity contribution in [3.8, 4) is 17.2 Å². The first-order valence-corrected chi connectivity index (χ1v) is 19.9. The maximum Gasteiger partial charge on any atom is 0.333 e. The van der Waals surface area contributed by atoms with Gasteiger partial charge in [-0.3, -0.25) is 9.59 Å². The fourth-order valence-electron chi connectivity index (χ4n) is 10.2. The third-order valence-corrected chi connectivity index (χ3v) is 12.8. The van der Waals surface area contributed by atoms with Gasteiger partial charge < -0.3 is 23.7 Å². The summed E-state index contributed by atoms with van der Waals surface area (Å²) in [5, 5.41) is 4.77. The molecule has 13 heteroatoms. The van der Waals surface area contributed by atoms with Crippen LogP contribution in [-0.4, -0.2) is 73.6 Å². The van der Waals surface area contributed by atoms with E-state index in [9.17, 15) is 9.59 Å². The second-order valence-corrected chi connectivity index (χ2v) is 17.4. The molecule has 4 aliphatic heterocycles. The number of aromatic nitrogens is 3. The van der Waals surface area contributed by atoms with E-state index in [0.717, 1.165) is 17.6 Å². The molecule has 7 unspecified atom stereocenters. The molecule has 9 rings (SSSR count). The average Bonchev–Trinajstić information content (AvgIpc) is 3.59. The number of allylic oxidation sites excluding steroid dienone is 4. The van der Waals surface area contributed by atoms with Gasteiger partial charge in [-0.05, 0) is 93.2 Å². The number of esters is 2. The normalized spacial score (nSPS) is 30.8. The van der Waals surface area contributed by atoms with Gasteiger partial charge in [-0.1, -0.05) is 29.4 Å². The molecule has 1 aromatic carbocycles. The van der Waals surface area contributed by atoms with Crippen LogP contribution < -0.4 is 14.2 Å². The van der Waals surface area contributed by atoms with Crippen molar-refractivity contribution in [2.24, 2.45) is 22.7 Å². The number of ketones is 1. The topological polar surface area (TPSA) is 140 Å². The molecule has 1 spiro atoms. The Morgan fingerprint density at radius 1 is 1.05 bits per heavy atom. The van der Waals surface area contributed by atoms with Crippen molar-refractivity contribution in [2.75, 3.05) is 13.0 Å². The van der Waals surface area contributed by atoms with Crippen LogP contribution in [0.1, 0.15) is 104 Å². The first-order valence-electron chi connectivity index (χ1n) is 19.3. The van der Waals surface area contributed by atoms with Crippen LogP contribution in [0.5, 0.6) is 17.2 Å². The van der Waals surface area contributed by atoms with Crippen LogP contribution in [0.25, 0.3) is 6.08 Å². The number of benzene rings is 1. The first-order chi connectivity index (χ1) is 26.5. The number of fused-ring (bicyclic) bond motifs is 5. The van der Waals surface area contributed by atoms with E-state index in [-0.39, 0.29) is 29.8 Å². The molecule has 3 saturated carbocycles. The Kier molecular flexibility index (Phi) is 9.08. The van der Waals surface area contributed by atoms with Crippen LogP contribution in [0.2, 0.25) is 0 Å². The van der Waals surface area contributed by atoms with Crippen molar-refractivity contribution in [1.29, 1.82) is 0 Å². The molecule has 0 amide bonds. The molecule has 0 N–H and O–H groups in total.